The van der Waals surface area contributed by atoms with Crippen LogP contribution in [0.2, 0.25) is 5.02 Å². The van der Waals surface area contributed by atoms with Gasteiger partial charge in [-0.15, -0.1) is 0 Å². The van der Waals surface area contributed by atoms with E-state index in [1.54, 1.807) is 18.2 Å². The Balaban J connectivity index is 2.20. The Morgan fingerprint density at radius 3 is 2.58 bits per heavy atom. The highest BCUT2D eigenvalue weighted by Crippen LogP contribution is 2.27. The van der Waals surface area contributed by atoms with Gasteiger partial charge in [0.2, 0.25) is 0 Å². The summed E-state index contributed by atoms with van der Waals surface area (Å²) in [4.78, 5) is 0. The van der Waals surface area contributed by atoms with E-state index in [2.05, 4.69) is 13.0 Å². The van der Waals surface area contributed by atoms with Gasteiger partial charge >= 0.3 is 0 Å². The first kappa shape index (κ1) is 13.5. The van der Waals surface area contributed by atoms with Gasteiger partial charge in [-0.25, -0.2) is 0 Å². The Bertz CT molecular complexity index is 631. The Kier molecular flexibility index (Phi) is 4.09. The monoisotopic (exact) mass is 271 g/mol. The van der Waals surface area contributed by atoms with E-state index in [-0.39, 0.29) is 6.10 Å². The second kappa shape index (κ2) is 5.77. The minimum absolute atomic E-state index is 0.0646. The average Bonchev–Trinajstić information content (AvgIpc) is 2.39. The molecule has 0 heterocycles. The smallest absolute Gasteiger partial charge is 0.121 e. The Hall–Kier alpha value is -1.98. The fourth-order valence-electron chi connectivity index (χ4n) is 1.97. The van der Waals surface area contributed by atoms with Crippen molar-refractivity contribution in [2.45, 2.75) is 20.0 Å². The van der Waals surface area contributed by atoms with E-state index in [0.29, 0.717) is 16.3 Å². The van der Waals surface area contributed by atoms with Crippen LogP contribution in [0.5, 0.6) is 5.75 Å². The van der Waals surface area contributed by atoms with Crippen molar-refractivity contribution in [2.75, 3.05) is 0 Å². The molecule has 0 spiro atoms. The number of rotatable bonds is 3. The van der Waals surface area contributed by atoms with Crippen molar-refractivity contribution in [3.05, 3.63) is 64.2 Å². The van der Waals surface area contributed by atoms with Crippen LogP contribution in [-0.2, 0) is 0 Å². The minimum Gasteiger partial charge on any atom is -0.486 e. The van der Waals surface area contributed by atoms with Crippen LogP contribution < -0.4 is 4.74 Å². The lowest BCUT2D eigenvalue weighted by Gasteiger charge is -2.17. The molecule has 0 aliphatic heterocycles. The highest BCUT2D eigenvalue weighted by molar-refractivity contribution is 6.31. The number of hydrogen-bond acceptors (Lipinski definition) is 2. The summed E-state index contributed by atoms with van der Waals surface area (Å²) in [6.45, 7) is 4.05. The number of benzene rings is 2. The third kappa shape index (κ3) is 3.07. The molecule has 2 nitrogen and oxygen atoms in total. The van der Waals surface area contributed by atoms with Gasteiger partial charge in [0, 0.05) is 6.07 Å². The molecule has 0 saturated heterocycles. The summed E-state index contributed by atoms with van der Waals surface area (Å²) in [5, 5.41) is 9.24. The largest absolute Gasteiger partial charge is 0.486 e. The molecule has 2 rings (SSSR count). The number of nitrogens with zero attached hydrogens (tertiary/aromatic N) is 1. The summed E-state index contributed by atoms with van der Waals surface area (Å²) in [6.07, 6.45) is -0.0646. The zero-order chi connectivity index (χ0) is 13.8. The maximum atomic E-state index is 8.83. The number of halogens is 1. The lowest BCUT2D eigenvalue weighted by Crippen LogP contribution is -2.04. The predicted molar refractivity (Wildman–Crippen MR) is 76.4 cm³/mol. The molecule has 0 aromatic heterocycles. The lowest BCUT2D eigenvalue weighted by molar-refractivity contribution is 0.226. The third-order valence-electron chi connectivity index (χ3n) is 3.00. The SMILES string of the molecule is Cc1ccccc1C(C)Oc1ccc(C#N)c(Cl)c1. The predicted octanol–water partition coefficient (Wildman–Crippen LogP) is 4.66. The second-order valence-electron chi connectivity index (χ2n) is 4.37. The van der Waals surface area contributed by atoms with Crippen LogP contribution in [0.1, 0.15) is 29.7 Å². The summed E-state index contributed by atoms with van der Waals surface area (Å²) in [5.41, 5.74) is 2.79. The van der Waals surface area contributed by atoms with Gasteiger partial charge in [0.25, 0.3) is 0 Å². The molecular formula is C16H14ClNO. The van der Waals surface area contributed by atoms with Crippen LogP contribution in [0.3, 0.4) is 0 Å². The fourth-order valence-corrected chi connectivity index (χ4v) is 2.18. The first-order valence-electron chi connectivity index (χ1n) is 6.03. The van der Waals surface area contributed by atoms with E-state index in [4.69, 9.17) is 21.6 Å². The molecule has 0 fully saturated rings. The molecule has 0 bridgehead atoms. The minimum atomic E-state index is -0.0646. The number of nitriles is 1. The first-order valence-corrected chi connectivity index (χ1v) is 6.41. The molecule has 19 heavy (non-hydrogen) atoms. The molecule has 0 N–H and O–H groups in total. The van der Waals surface area contributed by atoms with Gasteiger partial charge in [-0.1, -0.05) is 35.9 Å². The molecule has 0 amide bonds. The van der Waals surface area contributed by atoms with Gasteiger partial charge in [-0.3, -0.25) is 0 Å². The molecule has 1 unspecified atom stereocenters. The molecule has 0 aliphatic rings. The summed E-state index contributed by atoms with van der Waals surface area (Å²) in [5.74, 6) is 0.666. The van der Waals surface area contributed by atoms with Crippen LogP contribution in [0, 0.1) is 18.3 Å². The van der Waals surface area contributed by atoms with E-state index in [1.807, 2.05) is 31.2 Å². The Morgan fingerprint density at radius 2 is 1.95 bits per heavy atom. The quantitative estimate of drug-likeness (QED) is 0.813. The van der Waals surface area contributed by atoms with Crippen LogP contribution >= 0.6 is 11.6 Å². The zero-order valence-corrected chi connectivity index (χ0v) is 11.6. The van der Waals surface area contributed by atoms with Gasteiger partial charge in [0.1, 0.15) is 17.9 Å². The van der Waals surface area contributed by atoms with E-state index in [9.17, 15) is 0 Å². The average molecular weight is 272 g/mol. The Morgan fingerprint density at radius 1 is 1.21 bits per heavy atom. The normalized spacial score (nSPS) is 11.7. The molecule has 2 aromatic rings. The van der Waals surface area contributed by atoms with Crippen molar-refractivity contribution >= 4 is 11.6 Å². The molecule has 0 saturated carbocycles. The van der Waals surface area contributed by atoms with Crippen LogP contribution in [0.4, 0.5) is 0 Å². The standard InChI is InChI=1S/C16H14ClNO/c1-11-5-3-4-6-15(11)12(2)19-14-8-7-13(10-18)16(17)9-14/h3-9,12H,1-2H3. The summed E-state index contributed by atoms with van der Waals surface area (Å²) >= 11 is 5.99. The second-order valence-corrected chi connectivity index (χ2v) is 4.78. The molecule has 1 atom stereocenters. The first-order chi connectivity index (χ1) is 9.11. The summed E-state index contributed by atoms with van der Waals surface area (Å²) < 4.78 is 5.87. The molecule has 0 aliphatic carbocycles. The van der Waals surface area contributed by atoms with Gasteiger partial charge in [0.15, 0.2) is 0 Å². The molecular weight excluding hydrogens is 258 g/mol. The van der Waals surface area contributed by atoms with Crippen LogP contribution in [-0.4, -0.2) is 0 Å². The van der Waals surface area contributed by atoms with Crippen LogP contribution in [0.15, 0.2) is 42.5 Å². The van der Waals surface area contributed by atoms with Gasteiger partial charge in [-0.05, 0) is 37.1 Å². The number of aryl methyl sites for hydroxylation is 1. The van der Waals surface area contributed by atoms with Gasteiger partial charge in [0.05, 0.1) is 10.6 Å². The zero-order valence-electron chi connectivity index (χ0n) is 10.9. The third-order valence-corrected chi connectivity index (χ3v) is 3.31. The molecule has 96 valence electrons. The molecule has 3 heteroatoms. The topological polar surface area (TPSA) is 33.0 Å². The van der Waals surface area contributed by atoms with Crippen molar-refractivity contribution in [3.8, 4) is 11.8 Å². The highest BCUT2D eigenvalue weighted by atomic mass is 35.5. The maximum Gasteiger partial charge on any atom is 0.121 e. The molecule has 0 radical (unpaired) electrons. The van der Waals surface area contributed by atoms with E-state index < -0.39 is 0 Å². The van der Waals surface area contributed by atoms with Crippen molar-refractivity contribution in [1.82, 2.24) is 0 Å². The van der Waals surface area contributed by atoms with Crippen molar-refractivity contribution in [2.24, 2.45) is 0 Å². The van der Waals surface area contributed by atoms with Crippen molar-refractivity contribution in [3.63, 3.8) is 0 Å². The Labute approximate surface area is 118 Å². The lowest BCUT2D eigenvalue weighted by atomic mass is 10.0. The maximum absolute atomic E-state index is 8.83. The fraction of sp³-hybridized carbons (Fsp3) is 0.188. The number of ether oxygens (including phenoxy) is 1. The van der Waals surface area contributed by atoms with Gasteiger partial charge < -0.3 is 4.74 Å². The van der Waals surface area contributed by atoms with Crippen LogP contribution in [0.25, 0.3) is 0 Å². The van der Waals surface area contributed by atoms with E-state index >= 15 is 0 Å². The highest BCUT2D eigenvalue weighted by Gasteiger charge is 2.10. The van der Waals surface area contributed by atoms with E-state index in [0.717, 1.165) is 5.56 Å². The number of hydrogen-bond donors (Lipinski definition) is 0. The van der Waals surface area contributed by atoms with Crippen molar-refractivity contribution in [1.29, 1.82) is 5.26 Å². The van der Waals surface area contributed by atoms with Crippen molar-refractivity contribution < 1.29 is 4.74 Å². The summed E-state index contributed by atoms with van der Waals surface area (Å²) in [6, 6.07) is 15.2. The molecule has 2 aromatic carbocycles. The van der Waals surface area contributed by atoms with E-state index in [1.165, 1.54) is 5.56 Å². The summed E-state index contributed by atoms with van der Waals surface area (Å²) in [7, 11) is 0. The van der Waals surface area contributed by atoms with Gasteiger partial charge in [-0.2, -0.15) is 5.26 Å².